The van der Waals surface area contributed by atoms with E-state index in [0.717, 1.165) is 43.6 Å². The second-order valence-corrected chi connectivity index (χ2v) is 6.15. The van der Waals surface area contributed by atoms with Gasteiger partial charge in [0.1, 0.15) is 5.75 Å². The predicted molar refractivity (Wildman–Crippen MR) is 100 cm³/mol. The summed E-state index contributed by atoms with van der Waals surface area (Å²) in [5, 5.41) is 0. The molecule has 1 rings (SSSR count). The van der Waals surface area contributed by atoms with Gasteiger partial charge in [-0.1, -0.05) is 58.6 Å². The number of rotatable bonds is 12. The number of hydrogen-bond donors (Lipinski definition) is 0. The topological polar surface area (TPSA) is 35.5 Å². The van der Waals surface area contributed by atoms with Gasteiger partial charge in [0.2, 0.25) is 0 Å². The average molecular weight is 332 g/mol. The molecule has 1 atom stereocenters. The van der Waals surface area contributed by atoms with Crippen LogP contribution in [0.1, 0.15) is 64.9 Å². The van der Waals surface area contributed by atoms with Crippen LogP contribution in [0, 0.1) is 5.92 Å². The van der Waals surface area contributed by atoms with Gasteiger partial charge in [-0.05, 0) is 42.5 Å². The molecule has 1 aromatic rings. The van der Waals surface area contributed by atoms with Gasteiger partial charge in [0.15, 0.2) is 0 Å². The normalized spacial score (nSPS) is 12.3. The number of carbonyl (C=O) groups excluding carboxylic acids is 1. The third-order valence-corrected chi connectivity index (χ3v) is 4.06. The van der Waals surface area contributed by atoms with Gasteiger partial charge >= 0.3 is 5.97 Å². The van der Waals surface area contributed by atoms with Gasteiger partial charge in [0, 0.05) is 6.08 Å². The lowest BCUT2D eigenvalue weighted by molar-refractivity contribution is -0.139. The van der Waals surface area contributed by atoms with Crippen molar-refractivity contribution in [2.24, 2.45) is 5.92 Å². The Bertz CT molecular complexity index is 476. The molecule has 0 radical (unpaired) electrons. The molecular weight excluding hydrogens is 300 g/mol. The van der Waals surface area contributed by atoms with Crippen LogP contribution in [-0.4, -0.2) is 19.2 Å². The van der Waals surface area contributed by atoms with Gasteiger partial charge in [-0.15, -0.1) is 0 Å². The van der Waals surface area contributed by atoms with Gasteiger partial charge < -0.3 is 9.47 Å². The highest BCUT2D eigenvalue weighted by Gasteiger charge is 2.08. The van der Waals surface area contributed by atoms with E-state index in [4.69, 9.17) is 9.47 Å². The molecule has 0 unspecified atom stereocenters. The first-order chi connectivity index (χ1) is 11.7. The second kappa shape index (κ2) is 12.6. The standard InChI is InChI=1S/C21H32O3/c1-4-7-9-18(6-3)17-24-21(22)15-12-19-10-13-20(14-11-19)23-16-8-5-2/h10-15,18H,4-9,16-17H2,1-3H3/b15-12+/t18-/m0/s1. The van der Waals surface area contributed by atoms with Crippen LogP contribution in [0.15, 0.2) is 30.3 Å². The molecule has 1 aromatic carbocycles. The molecule has 134 valence electrons. The van der Waals surface area contributed by atoms with E-state index in [0.29, 0.717) is 12.5 Å². The highest BCUT2D eigenvalue weighted by atomic mass is 16.5. The Kier molecular flexibility index (Phi) is 10.7. The molecule has 0 bridgehead atoms. The zero-order valence-corrected chi connectivity index (χ0v) is 15.4. The zero-order valence-electron chi connectivity index (χ0n) is 15.4. The van der Waals surface area contributed by atoms with Crippen LogP contribution >= 0.6 is 0 Å². The molecule has 0 heterocycles. The largest absolute Gasteiger partial charge is 0.494 e. The number of unbranched alkanes of at least 4 members (excludes halogenated alkanes) is 2. The minimum Gasteiger partial charge on any atom is -0.494 e. The first-order valence-electron chi connectivity index (χ1n) is 9.27. The summed E-state index contributed by atoms with van der Waals surface area (Å²) in [7, 11) is 0. The maximum Gasteiger partial charge on any atom is 0.330 e. The van der Waals surface area contributed by atoms with E-state index in [1.807, 2.05) is 24.3 Å². The molecule has 0 N–H and O–H groups in total. The lowest BCUT2D eigenvalue weighted by Gasteiger charge is -2.13. The molecule has 3 heteroatoms. The summed E-state index contributed by atoms with van der Waals surface area (Å²) in [6.07, 6.45) is 10.0. The van der Waals surface area contributed by atoms with E-state index in [9.17, 15) is 4.79 Å². The Balaban J connectivity index is 2.37. The Morgan fingerprint density at radius 1 is 1.08 bits per heavy atom. The predicted octanol–water partition coefficient (Wildman–Crippen LogP) is 5.64. The van der Waals surface area contributed by atoms with Gasteiger partial charge in [-0.3, -0.25) is 0 Å². The maximum absolute atomic E-state index is 11.8. The minimum absolute atomic E-state index is 0.270. The fraction of sp³-hybridized carbons (Fsp3) is 0.571. The smallest absolute Gasteiger partial charge is 0.330 e. The Labute approximate surface area is 147 Å². The fourth-order valence-corrected chi connectivity index (χ4v) is 2.32. The molecule has 3 nitrogen and oxygen atoms in total. The molecule has 0 aliphatic rings. The molecule has 0 amide bonds. The molecule has 0 aromatic heterocycles. The van der Waals surface area contributed by atoms with Crippen LogP contribution in [-0.2, 0) is 9.53 Å². The quantitative estimate of drug-likeness (QED) is 0.282. The van der Waals surface area contributed by atoms with Crippen LogP contribution in [0.4, 0.5) is 0 Å². The molecule has 0 fully saturated rings. The molecule has 0 saturated carbocycles. The summed E-state index contributed by atoms with van der Waals surface area (Å²) >= 11 is 0. The van der Waals surface area contributed by atoms with E-state index in [-0.39, 0.29) is 5.97 Å². The third kappa shape index (κ3) is 8.76. The summed E-state index contributed by atoms with van der Waals surface area (Å²) in [5.41, 5.74) is 0.966. The van der Waals surface area contributed by atoms with Crippen molar-refractivity contribution in [2.45, 2.75) is 59.3 Å². The van der Waals surface area contributed by atoms with Crippen LogP contribution in [0.2, 0.25) is 0 Å². The van der Waals surface area contributed by atoms with Crippen LogP contribution < -0.4 is 4.74 Å². The number of carbonyl (C=O) groups is 1. The van der Waals surface area contributed by atoms with Crippen molar-refractivity contribution < 1.29 is 14.3 Å². The van der Waals surface area contributed by atoms with E-state index in [1.54, 1.807) is 6.08 Å². The number of benzene rings is 1. The first-order valence-corrected chi connectivity index (χ1v) is 9.27. The number of esters is 1. The average Bonchev–Trinajstić information content (AvgIpc) is 2.61. The van der Waals surface area contributed by atoms with Gasteiger partial charge in [0.05, 0.1) is 13.2 Å². The van der Waals surface area contributed by atoms with Crippen LogP contribution in [0.5, 0.6) is 5.75 Å². The number of ether oxygens (including phenoxy) is 2. The van der Waals surface area contributed by atoms with E-state index in [2.05, 4.69) is 20.8 Å². The molecular formula is C21H32O3. The molecule has 0 aliphatic carbocycles. The van der Waals surface area contributed by atoms with Crippen LogP contribution in [0.3, 0.4) is 0 Å². The highest BCUT2D eigenvalue weighted by molar-refractivity contribution is 5.87. The SMILES string of the molecule is CCCCOc1ccc(/C=C/C(=O)OC[C@@H](CC)CCCC)cc1. The first kappa shape index (κ1) is 20.3. The van der Waals surface area contributed by atoms with E-state index < -0.39 is 0 Å². The third-order valence-electron chi connectivity index (χ3n) is 4.06. The highest BCUT2D eigenvalue weighted by Crippen LogP contribution is 2.15. The number of hydrogen-bond acceptors (Lipinski definition) is 3. The molecule has 0 spiro atoms. The van der Waals surface area contributed by atoms with E-state index >= 15 is 0 Å². The monoisotopic (exact) mass is 332 g/mol. The fourth-order valence-electron chi connectivity index (χ4n) is 2.32. The van der Waals surface area contributed by atoms with Gasteiger partial charge in [-0.2, -0.15) is 0 Å². The van der Waals surface area contributed by atoms with Crippen molar-refractivity contribution in [2.75, 3.05) is 13.2 Å². The van der Waals surface area contributed by atoms with Crippen molar-refractivity contribution in [1.29, 1.82) is 0 Å². The Morgan fingerprint density at radius 3 is 2.42 bits per heavy atom. The van der Waals surface area contributed by atoms with Crippen LogP contribution in [0.25, 0.3) is 6.08 Å². The van der Waals surface area contributed by atoms with Crippen molar-refractivity contribution >= 4 is 12.0 Å². The Hall–Kier alpha value is -1.77. The van der Waals surface area contributed by atoms with Gasteiger partial charge in [0.25, 0.3) is 0 Å². The van der Waals surface area contributed by atoms with Crippen molar-refractivity contribution in [3.8, 4) is 5.75 Å². The van der Waals surface area contributed by atoms with Gasteiger partial charge in [-0.25, -0.2) is 4.79 Å². The zero-order chi connectivity index (χ0) is 17.6. The molecule has 0 aliphatic heterocycles. The lowest BCUT2D eigenvalue weighted by atomic mass is 10.0. The van der Waals surface area contributed by atoms with Crippen molar-refractivity contribution in [3.63, 3.8) is 0 Å². The Morgan fingerprint density at radius 2 is 1.79 bits per heavy atom. The molecule has 0 saturated heterocycles. The summed E-state index contributed by atoms with van der Waals surface area (Å²) < 4.78 is 11.0. The minimum atomic E-state index is -0.270. The summed E-state index contributed by atoms with van der Waals surface area (Å²) in [6.45, 7) is 7.73. The molecule has 24 heavy (non-hydrogen) atoms. The second-order valence-electron chi connectivity index (χ2n) is 6.15. The summed E-state index contributed by atoms with van der Waals surface area (Å²) in [4.78, 5) is 11.8. The van der Waals surface area contributed by atoms with Crippen molar-refractivity contribution in [3.05, 3.63) is 35.9 Å². The van der Waals surface area contributed by atoms with E-state index in [1.165, 1.54) is 18.9 Å². The maximum atomic E-state index is 11.8. The van der Waals surface area contributed by atoms with Crippen molar-refractivity contribution in [1.82, 2.24) is 0 Å². The lowest BCUT2D eigenvalue weighted by Crippen LogP contribution is -2.12. The summed E-state index contributed by atoms with van der Waals surface area (Å²) in [6, 6.07) is 7.75. The summed E-state index contributed by atoms with van der Waals surface area (Å²) in [5.74, 6) is 1.07.